The van der Waals surface area contributed by atoms with Gasteiger partial charge in [-0.1, -0.05) is 45.0 Å². The third-order valence-electron chi connectivity index (χ3n) is 3.76. The van der Waals surface area contributed by atoms with Crippen molar-refractivity contribution in [3.05, 3.63) is 78.5 Å². The van der Waals surface area contributed by atoms with Gasteiger partial charge in [0.1, 0.15) is 11.5 Å². The number of benzene rings is 2. The Bertz CT molecular complexity index is 754. The maximum Gasteiger partial charge on any atom is 0.127 e. The van der Waals surface area contributed by atoms with Crippen molar-refractivity contribution in [3.63, 3.8) is 0 Å². The second-order valence-corrected chi connectivity index (χ2v) is 6.62. The van der Waals surface area contributed by atoms with Gasteiger partial charge >= 0.3 is 0 Å². The molecule has 2 nitrogen and oxygen atoms in total. The fourth-order valence-corrected chi connectivity index (χ4v) is 2.33. The zero-order valence-electron chi connectivity index (χ0n) is 13.8. The summed E-state index contributed by atoms with van der Waals surface area (Å²) < 4.78 is 5.81. The number of hydrogen-bond acceptors (Lipinski definition) is 2. The highest BCUT2D eigenvalue weighted by atomic mass is 16.5. The molecular formula is C21H21NO. The molecule has 0 spiro atoms. The van der Waals surface area contributed by atoms with Crippen LogP contribution in [0.15, 0.2) is 72.9 Å². The summed E-state index contributed by atoms with van der Waals surface area (Å²) in [7, 11) is 0. The average molecular weight is 303 g/mol. The van der Waals surface area contributed by atoms with Crippen molar-refractivity contribution >= 4 is 0 Å². The molecule has 0 saturated carbocycles. The molecule has 1 aromatic heterocycles. The second kappa shape index (κ2) is 6.25. The number of ether oxygens (including phenoxy) is 1. The van der Waals surface area contributed by atoms with Crippen LogP contribution in [0.2, 0.25) is 0 Å². The molecule has 2 heteroatoms. The summed E-state index contributed by atoms with van der Waals surface area (Å²) in [6, 6.07) is 22.0. The number of rotatable bonds is 3. The lowest BCUT2D eigenvalue weighted by Gasteiger charge is -2.18. The average Bonchev–Trinajstić information content (AvgIpc) is 2.56. The SMILES string of the molecule is CC(C)(C)c1ccc(-c2ccc(Oc3ccccc3)cc2)nc1. The standard InChI is InChI=1S/C21H21NO/c1-21(2,3)17-11-14-20(22-15-17)16-9-12-19(13-10-16)23-18-7-5-4-6-8-18/h4-15H,1-3H3. The highest BCUT2D eigenvalue weighted by Gasteiger charge is 2.13. The zero-order valence-corrected chi connectivity index (χ0v) is 13.8. The first-order valence-electron chi connectivity index (χ1n) is 7.82. The fourth-order valence-electron chi connectivity index (χ4n) is 2.33. The predicted molar refractivity (Wildman–Crippen MR) is 94.9 cm³/mol. The molecule has 0 amide bonds. The molecule has 0 fully saturated rings. The smallest absolute Gasteiger partial charge is 0.127 e. The monoisotopic (exact) mass is 303 g/mol. The minimum Gasteiger partial charge on any atom is -0.457 e. The van der Waals surface area contributed by atoms with E-state index in [1.54, 1.807) is 0 Å². The van der Waals surface area contributed by atoms with Gasteiger partial charge in [-0.25, -0.2) is 0 Å². The molecular weight excluding hydrogens is 282 g/mol. The van der Waals surface area contributed by atoms with Gasteiger partial charge in [-0.3, -0.25) is 4.98 Å². The Balaban J connectivity index is 1.77. The zero-order chi connectivity index (χ0) is 16.3. The van der Waals surface area contributed by atoms with Crippen LogP contribution < -0.4 is 4.74 Å². The van der Waals surface area contributed by atoms with Crippen molar-refractivity contribution in [3.8, 4) is 22.8 Å². The molecule has 0 aliphatic carbocycles. The molecule has 0 atom stereocenters. The summed E-state index contributed by atoms with van der Waals surface area (Å²) in [4.78, 5) is 4.59. The Morgan fingerprint density at radius 2 is 1.39 bits per heavy atom. The van der Waals surface area contributed by atoms with Crippen molar-refractivity contribution < 1.29 is 4.74 Å². The Hall–Kier alpha value is -2.61. The number of nitrogens with zero attached hydrogens (tertiary/aromatic N) is 1. The predicted octanol–water partition coefficient (Wildman–Crippen LogP) is 5.84. The summed E-state index contributed by atoms with van der Waals surface area (Å²) in [5, 5.41) is 0. The number of hydrogen-bond donors (Lipinski definition) is 0. The molecule has 0 aliphatic heterocycles. The first kappa shape index (κ1) is 15.3. The third-order valence-corrected chi connectivity index (χ3v) is 3.76. The lowest BCUT2D eigenvalue weighted by atomic mass is 9.88. The summed E-state index contributed by atoms with van der Waals surface area (Å²) in [6.45, 7) is 6.58. The second-order valence-electron chi connectivity index (χ2n) is 6.62. The molecule has 1 heterocycles. The van der Waals surface area contributed by atoms with E-state index < -0.39 is 0 Å². The van der Waals surface area contributed by atoms with E-state index in [0.717, 1.165) is 22.8 Å². The van der Waals surface area contributed by atoms with Gasteiger partial charge in [-0.15, -0.1) is 0 Å². The van der Waals surface area contributed by atoms with Crippen LogP contribution in [0, 0.1) is 0 Å². The molecule has 2 aromatic carbocycles. The van der Waals surface area contributed by atoms with Crippen LogP contribution in [0.4, 0.5) is 0 Å². The minimum absolute atomic E-state index is 0.124. The van der Waals surface area contributed by atoms with Gasteiger partial charge in [0.25, 0.3) is 0 Å². The first-order chi connectivity index (χ1) is 11.0. The normalized spacial score (nSPS) is 11.3. The van der Waals surface area contributed by atoms with E-state index >= 15 is 0 Å². The van der Waals surface area contributed by atoms with Gasteiger partial charge in [-0.05, 0) is 53.4 Å². The van der Waals surface area contributed by atoms with E-state index in [-0.39, 0.29) is 5.41 Å². The number of pyridine rings is 1. The van der Waals surface area contributed by atoms with E-state index in [1.807, 2.05) is 60.8 Å². The van der Waals surface area contributed by atoms with Crippen LogP contribution in [0.1, 0.15) is 26.3 Å². The van der Waals surface area contributed by atoms with Gasteiger partial charge in [0.05, 0.1) is 5.69 Å². The van der Waals surface area contributed by atoms with E-state index in [0.29, 0.717) is 0 Å². The van der Waals surface area contributed by atoms with Crippen LogP contribution >= 0.6 is 0 Å². The van der Waals surface area contributed by atoms with Crippen LogP contribution in [0.25, 0.3) is 11.3 Å². The van der Waals surface area contributed by atoms with Gasteiger partial charge < -0.3 is 4.74 Å². The lowest BCUT2D eigenvalue weighted by molar-refractivity contribution is 0.483. The van der Waals surface area contributed by atoms with Crippen molar-refractivity contribution in [1.82, 2.24) is 4.98 Å². The Kier molecular flexibility index (Phi) is 4.16. The number of aromatic nitrogens is 1. The van der Waals surface area contributed by atoms with E-state index in [4.69, 9.17) is 4.74 Å². The van der Waals surface area contributed by atoms with E-state index in [1.165, 1.54) is 5.56 Å². The molecule has 0 radical (unpaired) electrons. The Morgan fingerprint density at radius 1 is 0.739 bits per heavy atom. The molecule has 0 N–H and O–H groups in total. The molecule has 0 bridgehead atoms. The quantitative estimate of drug-likeness (QED) is 0.606. The molecule has 0 saturated heterocycles. The molecule has 0 aliphatic rings. The number of para-hydroxylation sites is 1. The van der Waals surface area contributed by atoms with Crippen molar-refractivity contribution in [2.45, 2.75) is 26.2 Å². The summed E-state index contributed by atoms with van der Waals surface area (Å²) in [5.41, 5.74) is 3.43. The molecule has 3 rings (SSSR count). The summed E-state index contributed by atoms with van der Waals surface area (Å²) >= 11 is 0. The van der Waals surface area contributed by atoms with Gasteiger partial charge in [0, 0.05) is 11.8 Å². The Labute approximate surface area is 137 Å². The highest BCUT2D eigenvalue weighted by Crippen LogP contribution is 2.27. The molecule has 3 aromatic rings. The highest BCUT2D eigenvalue weighted by molar-refractivity contribution is 5.60. The van der Waals surface area contributed by atoms with Crippen molar-refractivity contribution in [1.29, 1.82) is 0 Å². The van der Waals surface area contributed by atoms with Gasteiger partial charge in [-0.2, -0.15) is 0 Å². The lowest BCUT2D eigenvalue weighted by Crippen LogP contribution is -2.11. The summed E-state index contributed by atoms with van der Waals surface area (Å²) in [5.74, 6) is 1.67. The maximum atomic E-state index is 5.81. The maximum absolute atomic E-state index is 5.81. The molecule has 23 heavy (non-hydrogen) atoms. The van der Waals surface area contributed by atoms with Crippen LogP contribution in [-0.4, -0.2) is 4.98 Å². The topological polar surface area (TPSA) is 22.1 Å². The minimum atomic E-state index is 0.124. The fraction of sp³-hybridized carbons (Fsp3) is 0.190. The van der Waals surface area contributed by atoms with Crippen molar-refractivity contribution in [2.75, 3.05) is 0 Å². The van der Waals surface area contributed by atoms with E-state index in [9.17, 15) is 0 Å². The first-order valence-corrected chi connectivity index (χ1v) is 7.82. The van der Waals surface area contributed by atoms with E-state index in [2.05, 4.69) is 37.9 Å². The third kappa shape index (κ3) is 3.78. The largest absolute Gasteiger partial charge is 0.457 e. The van der Waals surface area contributed by atoms with Crippen molar-refractivity contribution in [2.24, 2.45) is 0 Å². The van der Waals surface area contributed by atoms with Crippen LogP contribution in [0.5, 0.6) is 11.5 Å². The van der Waals surface area contributed by atoms with Crippen LogP contribution in [0.3, 0.4) is 0 Å². The molecule has 116 valence electrons. The Morgan fingerprint density at radius 3 is 1.96 bits per heavy atom. The molecule has 0 unspecified atom stereocenters. The van der Waals surface area contributed by atoms with Gasteiger partial charge in [0.2, 0.25) is 0 Å². The van der Waals surface area contributed by atoms with Gasteiger partial charge in [0.15, 0.2) is 0 Å². The summed E-state index contributed by atoms with van der Waals surface area (Å²) in [6.07, 6.45) is 1.96. The van der Waals surface area contributed by atoms with Crippen LogP contribution in [-0.2, 0) is 5.41 Å².